The van der Waals surface area contributed by atoms with Crippen LogP contribution in [-0.2, 0) is 0 Å². The van der Waals surface area contributed by atoms with Gasteiger partial charge in [0.2, 0.25) is 0 Å². The summed E-state index contributed by atoms with van der Waals surface area (Å²) in [6.45, 7) is 11.7. The number of allylic oxidation sites excluding steroid dienone is 6. The van der Waals surface area contributed by atoms with Crippen LogP contribution in [-0.4, -0.2) is 90.1 Å². The maximum atomic E-state index is 11.5. The van der Waals surface area contributed by atoms with E-state index in [2.05, 4.69) is 75.4 Å². The summed E-state index contributed by atoms with van der Waals surface area (Å²) in [5.41, 5.74) is 8.27. The summed E-state index contributed by atoms with van der Waals surface area (Å²) in [6, 6.07) is 0.345. The largest absolute Gasteiger partial charge is 0.386 e. The summed E-state index contributed by atoms with van der Waals surface area (Å²) in [5, 5.41) is 17.1. The standard InChI is InChI=1S/C34H50N6O/c1-6-27-15-18-38(23-27)21-25(2)22-40-32(36-5)20-29-33(37-40)34(29)16-11-12-17-39(34)24-31(41)30(35-4)19-26(3)28-13-9-7-8-10-14-28/h7-9,13,20,22,27,29,31,33,36-37,41H,6,11-12,15-19,21,23-24H2,1-5H3/b25-22-,28-26-,35-30?/t27-,29?,31?,33?,34+/m0/s1. The molecule has 41 heavy (non-hydrogen) atoms. The van der Waals surface area contributed by atoms with Crippen molar-refractivity contribution in [2.45, 2.75) is 77.0 Å². The van der Waals surface area contributed by atoms with Crippen molar-refractivity contribution in [3.05, 3.63) is 59.1 Å². The van der Waals surface area contributed by atoms with Crippen LogP contribution in [0.2, 0.25) is 0 Å². The molecule has 7 heteroatoms. The second-order valence-electron chi connectivity index (χ2n) is 12.6. The third kappa shape index (κ3) is 6.41. The highest BCUT2D eigenvalue weighted by molar-refractivity contribution is 5.91. The number of likely N-dealkylation sites (tertiary alicyclic amines) is 2. The Morgan fingerprint density at radius 1 is 1.29 bits per heavy atom. The molecular formula is C34H50N6O. The number of rotatable bonds is 10. The van der Waals surface area contributed by atoms with Crippen molar-refractivity contribution in [2.24, 2.45) is 16.8 Å². The van der Waals surface area contributed by atoms with E-state index < -0.39 is 6.10 Å². The predicted octanol–water partition coefficient (Wildman–Crippen LogP) is 3.99. The van der Waals surface area contributed by atoms with Crippen LogP contribution >= 0.6 is 0 Å². The third-order valence-electron chi connectivity index (χ3n) is 9.84. The molecule has 3 fully saturated rings. The van der Waals surface area contributed by atoms with Gasteiger partial charge in [-0.2, -0.15) is 0 Å². The lowest BCUT2D eigenvalue weighted by atomic mass is 9.95. The SMILES string of the molecule is CC[C@H]1CCN(C/C(C)=C\N2NC3C(C=C2NC)[C@]32CCCCN2CC(O)C(C/C(C)=C2\C#CC=CC=C2)=NC)C1. The minimum Gasteiger partial charge on any atom is -0.386 e. The van der Waals surface area contributed by atoms with Crippen LogP contribution < -0.4 is 10.7 Å². The summed E-state index contributed by atoms with van der Waals surface area (Å²) in [5.74, 6) is 8.68. The number of nitrogens with zero attached hydrogens (tertiary/aromatic N) is 4. The number of hydrogen-bond acceptors (Lipinski definition) is 7. The lowest BCUT2D eigenvalue weighted by Gasteiger charge is -2.39. The van der Waals surface area contributed by atoms with E-state index >= 15 is 0 Å². The fourth-order valence-electron chi connectivity index (χ4n) is 7.43. The first-order chi connectivity index (χ1) is 19.9. The second kappa shape index (κ2) is 13.1. The fourth-order valence-corrected chi connectivity index (χ4v) is 7.43. The van der Waals surface area contributed by atoms with Crippen molar-refractivity contribution < 1.29 is 5.11 Å². The number of aliphatic hydroxyl groups is 1. The smallest absolute Gasteiger partial charge is 0.116 e. The van der Waals surface area contributed by atoms with E-state index in [9.17, 15) is 5.11 Å². The Labute approximate surface area is 247 Å². The lowest BCUT2D eigenvalue weighted by Crippen LogP contribution is -2.52. The number of β-amino-alcohol motifs (C(OH)–C–C–N with tert-alkyl or cyclic N) is 1. The minimum absolute atomic E-state index is 0.0364. The van der Waals surface area contributed by atoms with Crippen LogP contribution in [0, 0.1) is 23.7 Å². The van der Waals surface area contributed by atoms with E-state index in [1.165, 1.54) is 44.3 Å². The normalized spacial score (nSPS) is 32.3. The lowest BCUT2D eigenvalue weighted by molar-refractivity contribution is 0.0694. The highest BCUT2D eigenvalue weighted by Crippen LogP contribution is 2.56. The van der Waals surface area contributed by atoms with E-state index in [0.29, 0.717) is 24.9 Å². The highest BCUT2D eigenvalue weighted by Gasteiger charge is 2.68. The monoisotopic (exact) mass is 558 g/mol. The summed E-state index contributed by atoms with van der Waals surface area (Å²) in [7, 11) is 3.81. The predicted molar refractivity (Wildman–Crippen MR) is 169 cm³/mol. The number of aliphatic hydroxyl groups excluding tert-OH is 1. The van der Waals surface area contributed by atoms with Gasteiger partial charge in [-0.3, -0.25) is 19.8 Å². The van der Waals surface area contributed by atoms with Gasteiger partial charge in [-0.1, -0.05) is 49.3 Å². The Morgan fingerprint density at radius 3 is 2.90 bits per heavy atom. The molecule has 1 saturated carbocycles. The zero-order valence-electron chi connectivity index (χ0n) is 25.8. The van der Waals surface area contributed by atoms with Gasteiger partial charge >= 0.3 is 0 Å². The number of hydrazine groups is 1. The van der Waals surface area contributed by atoms with Gasteiger partial charge in [0.05, 0.1) is 6.04 Å². The van der Waals surface area contributed by atoms with E-state index in [0.717, 1.165) is 48.1 Å². The quantitative estimate of drug-likeness (QED) is 0.278. The van der Waals surface area contributed by atoms with E-state index in [-0.39, 0.29) is 5.54 Å². The molecule has 0 bridgehead atoms. The van der Waals surface area contributed by atoms with Crippen LogP contribution in [0.25, 0.3) is 0 Å². The Hall–Kier alpha value is -2.63. The van der Waals surface area contributed by atoms with Crippen molar-refractivity contribution in [2.75, 3.05) is 46.8 Å². The molecule has 7 nitrogen and oxygen atoms in total. The Kier molecular flexibility index (Phi) is 9.56. The fraction of sp³-hybridized carbons (Fsp3) is 0.618. The Bertz CT molecular complexity index is 1220. The molecule has 5 aliphatic rings. The van der Waals surface area contributed by atoms with Gasteiger partial charge < -0.3 is 10.4 Å². The van der Waals surface area contributed by atoms with Crippen LogP contribution in [0.3, 0.4) is 0 Å². The summed E-state index contributed by atoms with van der Waals surface area (Å²) in [6.07, 6.45) is 18.8. The van der Waals surface area contributed by atoms with Gasteiger partial charge in [-0.15, -0.1) is 0 Å². The number of aliphatic imine (C=N–C) groups is 1. The first kappa shape index (κ1) is 29.8. The molecule has 0 amide bonds. The zero-order chi connectivity index (χ0) is 29.0. The summed E-state index contributed by atoms with van der Waals surface area (Å²) in [4.78, 5) is 9.71. The van der Waals surface area contributed by atoms with E-state index in [1.54, 1.807) is 7.05 Å². The molecular weight excluding hydrogens is 508 g/mol. The number of nitrogens with one attached hydrogen (secondary N) is 2. The summed E-state index contributed by atoms with van der Waals surface area (Å²) >= 11 is 0. The average molecular weight is 559 g/mol. The molecule has 0 aromatic carbocycles. The maximum Gasteiger partial charge on any atom is 0.116 e. The van der Waals surface area contributed by atoms with Gasteiger partial charge in [0.15, 0.2) is 0 Å². The van der Waals surface area contributed by atoms with E-state index in [4.69, 9.17) is 0 Å². The number of piperidine rings is 1. The van der Waals surface area contributed by atoms with Gasteiger partial charge in [0.25, 0.3) is 0 Å². The molecule has 2 saturated heterocycles. The topological polar surface area (TPSA) is 66.4 Å². The van der Waals surface area contributed by atoms with Gasteiger partial charge in [0.1, 0.15) is 11.9 Å². The third-order valence-corrected chi connectivity index (χ3v) is 9.84. The molecule has 5 rings (SSSR count). The molecule has 0 aromatic rings. The second-order valence-corrected chi connectivity index (χ2v) is 12.6. The van der Waals surface area contributed by atoms with Crippen LogP contribution in [0.4, 0.5) is 0 Å². The van der Waals surface area contributed by atoms with Gasteiger partial charge in [-0.05, 0) is 75.9 Å². The van der Waals surface area contributed by atoms with Crippen LogP contribution in [0.15, 0.2) is 64.1 Å². The molecule has 5 atom stereocenters. The number of fused-ring (bicyclic) bond motifs is 3. The van der Waals surface area contributed by atoms with Crippen molar-refractivity contribution in [3.8, 4) is 11.8 Å². The van der Waals surface area contributed by atoms with Crippen LogP contribution in [0.1, 0.15) is 59.3 Å². The van der Waals surface area contributed by atoms with Crippen LogP contribution in [0.5, 0.6) is 0 Å². The molecule has 1 spiro atoms. The molecule has 0 radical (unpaired) electrons. The molecule has 3 heterocycles. The van der Waals surface area contributed by atoms with Crippen molar-refractivity contribution in [1.82, 2.24) is 25.6 Å². The Morgan fingerprint density at radius 2 is 2.15 bits per heavy atom. The molecule has 0 aromatic heterocycles. The highest BCUT2D eigenvalue weighted by atomic mass is 16.3. The minimum atomic E-state index is -0.604. The molecule has 2 aliphatic carbocycles. The van der Waals surface area contributed by atoms with Crippen molar-refractivity contribution in [1.29, 1.82) is 0 Å². The molecule has 3 unspecified atom stereocenters. The van der Waals surface area contributed by atoms with Gasteiger partial charge in [0, 0.05) is 69.1 Å². The van der Waals surface area contributed by atoms with Crippen molar-refractivity contribution in [3.63, 3.8) is 0 Å². The molecule has 3 N–H and O–H groups in total. The number of hydrogen-bond donors (Lipinski definition) is 3. The average Bonchev–Trinajstić information content (AvgIpc) is 3.48. The van der Waals surface area contributed by atoms with Crippen molar-refractivity contribution >= 4 is 5.71 Å². The van der Waals surface area contributed by atoms with E-state index in [1.807, 2.05) is 31.4 Å². The Balaban J connectivity index is 1.26. The molecule has 222 valence electrons. The molecule has 3 aliphatic heterocycles. The first-order valence-corrected chi connectivity index (χ1v) is 15.7. The van der Waals surface area contributed by atoms with Gasteiger partial charge in [-0.25, -0.2) is 5.43 Å². The first-order valence-electron chi connectivity index (χ1n) is 15.7. The zero-order valence-corrected chi connectivity index (χ0v) is 25.8. The maximum absolute atomic E-state index is 11.5. The summed E-state index contributed by atoms with van der Waals surface area (Å²) < 4.78 is 0.